The Labute approximate surface area is 156 Å². The second kappa shape index (κ2) is 7.70. The summed E-state index contributed by atoms with van der Waals surface area (Å²) in [7, 11) is 0. The van der Waals surface area contributed by atoms with E-state index in [1.807, 2.05) is 24.3 Å². The maximum atomic E-state index is 12.0. The highest BCUT2D eigenvalue weighted by molar-refractivity contribution is 7.22. The topological polar surface area (TPSA) is 71.3 Å². The van der Waals surface area contributed by atoms with Gasteiger partial charge in [-0.25, -0.2) is 10.4 Å². The van der Waals surface area contributed by atoms with Crippen LogP contribution in [0.25, 0.3) is 10.2 Å². The van der Waals surface area contributed by atoms with Gasteiger partial charge >= 0.3 is 0 Å². The SMILES string of the molecule is Cc1cc(/C=N\NC(=O)CNc2nc3ccccc3s2)c(C)n1C(C)C. The Kier molecular flexibility index (Phi) is 5.37. The summed E-state index contributed by atoms with van der Waals surface area (Å²) < 4.78 is 3.34. The smallest absolute Gasteiger partial charge is 0.259 e. The summed E-state index contributed by atoms with van der Waals surface area (Å²) in [6, 6.07) is 10.4. The van der Waals surface area contributed by atoms with Crippen molar-refractivity contribution in [3.05, 3.63) is 47.3 Å². The minimum absolute atomic E-state index is 0.127. The van der Waals surface area contributed by atoms with E-state index < -0.39 is 0 Å². The molecule has 0 aliphatic carbocycles. The van der Waals surface area contributed by atoms with Gasteiger partial charge in [-0.05, 0) is 45.9 Å². The maximum absolute atomic E-state index is 12.0. The second-order valence-electron chi connectivity index (χ2n) is 6.42. The lowest BCUT2D eigenvalue weighted by Crippen LogP contribution is -2.25. The normalized spacial score (nSPS) is 11.6. The standard InChI is InChI=1S/C19H23N5OS/c1-12(2)24-13(3)9-15(14(24)4)10-21-23-18(25)11-20-19-22-16-7-5-6-8-17(16)26-19/h5-10,12H,11H2,1-4H3,(H,20,22)(H,23,25)/b21-10-. The fourth-order valence-electron chi connectivity index (χ4n) is 3.04. The van der Waals surface area contributed by atoms with Crippen LogP contribution in [0.4, 0.5) is 5.13 Å². The molecule has 0 atom stereocenters. The number of amides is 1. The molecule has 2 N–H and O–H groups in total. The third-order valence-corrected chi connectivity index (χ3v) is 5.12. The number of carbonyl (C=O) groups is 1. The predicted octanol–water partition coefficient (Wildman–Crippen LogP) is 3.86. The van der Waals surface area contributed by atoms with Crippen LogP contribution in [0.3, 0.4) is 0 Å². The van der Waals surface area contributed by atoms with Gasteiger partial charge in [0, 0.05) is 23.0 Å². The lowest BCUT2D eigenvalue weighted by Gasteiger charge is -2.13. The Morgan fingerprint density at radius 2 is 2.12 bits per heavy atom. The van der Waals surface area contributed by atoms with E-state index in [1.54, 1.807) is 6.21 Å². The number of aromatic nitrogens is 2. The van der Waals surface area contributed by atoms with E-state index in [9.17, 15) is 4.79 Å². The molecule has 0 spiro atoms. The van der Waals surface area contributed by atoms with Gasteiger partial charge in [-0.3, -0.25) is 4.79 Å². The Morgan fingerprint density at radius 1 is 1.35 bits per heavy atom. The maximum Gasteiger partial charge on any atom is 0.259 e. The highest BCUT2D eigenvalue weighted by Crippen LogP contribution is 2.25. The third-order valence-electron chi connectivity index (χ3n) is 4.13. The van der Waals surface area contributed by atoms with Gasteiger partial charge in [0.1, 0.15) is 0 Å². The monoisotopic (exact) mass is 369 g/mol. The Morgan fingerprint density at radius 3 is 2.81 bits per heavy atom. The molecule has 0 saturated carbocycles. The molecular weight excluding hydrogens is 346 g/mol. The molecule has 3 rings (SSSR count). The number of fused-ring (bicyclic) bond motifs is 1. The Balaban J connectivity index is 1.55. The average Bonchev–Trinajstić information content (AvgIpc) is 3.13. The van der Waals surface area contributed by atoms with Crippen molar-refractivity contribution in [2.45, 2.75) is 33.7 Å². The summed E-state index contributed by atoms with van der Waals surface area (Å²) in [5, 5.41) is 7.84. The number of hydrazone groups is 1. The molecule has 0 unspecified atom stereocenters. The van der Waals surface area contributed by atoms with Crippen LogP contribution >= 0.6 is 11.3 Å². The first-order valence-electron chi connectivity index (χ1n) is 8.55. The molecule has 7 heteroatoms. The van der Waals surface area contributed by atoms with Crippen molar-refractivity contribution in [3.8, 4) is 0 Å². The van der Waals surface area contributed by atoms with Crippen molar-refractivity contribution in [1.82, 2.24) is 15.0 Å². The molecule has 0 aliphatic heterocycles. The van der Waals surface area contributed by atoms with Crippen LogP contribution in [0, 0.1) is 13.8 Å². The van der Waals surface area contributed by atoms with E-state index in [0.29, 0.717) is 6.04 Å². The van der Waals surface area contributed by atoms with Gasteiger partial charge in [-0.1, -0.05) is 23.5 Å². The zero-order valence-corrected chi connectivity index (χ0v) is 16.2. The second-order valence-corrected chi connectivity index (χ2v) is 7.45. The van der Waals surface area contributed by atoms with Crippen LogP contribution in [0.2, 0.25) is 0 Å². The molecule has 0 bridgehead atoms. The third kappa shape index (κ3) is 3.94. The highest BCUT2D eigenvalue weighted by atomic mass is 32.1. The van der Waals surface area contributed by atoms with Crippen LogP contribution in [-0.4, -0.2) is 28.2 Å². The van der Waals surface area contributed by atoms with Crippen molar-refractivity contribution >= 4 is 38.8 Å². The van der Waals surface area contributed by atoms with E-state index >= 15 is 0 Å². The Bertz CT molecular complexity index is 921. The van der Waals surface area contributed by atoms with E-state index in [2.05, 4.69) is 59.2 Å². The first kappa shape index (κ1) is 18.1. The number of hydrogen-bond donors (Lipinski definition) is 2. The number of hydrogen-bond acceptors (Lipinski definition) is 5. The van der Waals surface area contributed by atoms with E-state index in [-0.39, 0.29) is 12.5 Å². The van der Waals surface area contributed by atoms with Crippen molar-refractivity contribution in [2.24, 2.45) is 5.10 Å². The number of nitrogens with zero attached hydrogens (tertiary/aromatic N) is 3. The lowest BCUT2D eigenvalue weighted by molar-refractivity contribution is -0.119. The molecule has 0 saturated heterocycles. The molecule has 2 aromatic heterocycles. The number of para-hydroxylation sites is 1. The van der Waals surface area contributed by atoms with Crippen LogP contribution in [0.15, 0.2) is 35.4 Å². The molecule has 136 valence electrons. The first-order chi connectivity index (χ1) is 12.5. The van der Waals surface area contributed by atoms with Crippen molar-refractivity contribution in [1.29, 1.82) is 0 Å². The van der Waals surface area contributed by atoms with Gasteiger partial charge < -0.3 is 9.88 Å². The van der Waals surface area contributed by atoms with Gasteiger partial charge in [0.05, 0.1) is 23.0 Å². The minimum atomic E-state index is -0.210. The summed E-state index contributed by atoms with van der Waals surface area (Å²) >= 11 is 1.53. The van der Waals surface area contributed by atoms with Crippen molar-refractivity contribution < 1.29 is 4.79 Å². The first-order valence-corrected chi connectivity index (χ1v) is 9.37. The van der Waals surface area contributed by atoms with Crippen LogP contribution < -0.4 is 10.7 Å². The number of aryl methyl sites for hydroxylation is 1. The molecule has 0 aliphatic rings. The minimum Gasteiger partial charge on any atom is -0.352 e. The number of nitrogens with one attached hydrogen (secondary N) is 2. The Hall–Kier alpha value is -2.67. The predicted molar refractivity (Wildman–Crippen MR) is 108 cm³/mol. The summed E-state index contributed by atoms with van der Waals surface area (Å²) in [4.78, 5) is 16.4. The van der Waals surface area contributed by atoms with E-state index in [0.717, 1.165) is 26.6 Å². The number of anilines is 1. The molecule has 2 heterocycles. The largest absolute Gasteiger partial charge is 0.352 e. The summed E-state index contributed by atoms with van der Waals surface area (Å²) in [5.41, 5.74) is 6.82. The van der Waals surface area contributed by atoms with Crippen LogP contribution in [-0.2, 0) is 4.79 Å². The van der Waals surface area contributed by atoms with Gasteiger partial charge in [0.25, 0.3) is 5.91 Å². The van der Waals surface area contributed by atoms with Crippen molar-refractivity contribution in [2.75, 3.05) is 11.9 Å². The molecule has 3 aromatic rings. The molecule has 0 radical (unpaired) electrons. The molecule has 0 fully saturated rings. The van der Waals surface area contributed by atoms with Gasteiger partial charge in [-0.2, -0.15) is 5.10 Å². The fraction of sp³-hybridized carbons (Fsp3) is 0.316. The number of carbonyl (C=O) groups excluding carboxylic acids is 1. The number of benzene rings is 1. The molecule has 1 amide bonds. The molecular formula is C19H23N5OS. The quantitative estimate of drug-likeness (QED) is 0.512. The number of rotatable bonds is 6. The van der Waals surface area contributed by atoms with Gasteiger partial charge in [0.2, 0.25) is 0 Å². The van der Waals surface area contributed by atoms with Crippen LogP contribution in [0.5, 0.6) is 0 Å². The molecule has 6 nitrogen and oxygen atoms in total. The van der Waals surface area contributed by atoms with E-state index in [1.165, 1.54) is 17.0 Å². The number of thiazole rings is 1. The fourth-order valence-corrected chi connectivity index (χ4v) is 3.91. The van der Waals surface area contributed by atoms with Gasteiger partial charge in [-0.15, -0.1) is 0 Å². The highest BCUT2D eigenvalue weighted by Gasteiger charge is 2.10. The summed E-state index contributed by atoms with van der Waals surface area (Å²) in [5.74, 6) is -0.210. The zero-order chi connectivity index (χ0) is 18.7. The van der Waals surface area contributed by atoms with E-state index in [4.69, 9.17) is 0 Å². The van der Waals surface area contributed by atoms with Gasteiger partial charge in [0.15, 0.2) is 5.13 Å². The zero-order valence-electron chi connectivity index (χ0n) is 15.4. The summed E-state index contributed by atoms with van der Waals surface area (Å²) in [6.45, 7) is 8.56. The molecule has 1 aromatic carbocycles. The lowest BCUT2D eigenvalue weighted by atomic mass is 10.2. The molecule has 26 heavy (non-hydrogen) atoms. The van der Waals surface area contributed by atoms with Crippen LogP contribution in [0.1, 0.15) is 36.8 Å². The summed E-state index contributed by atoms with van der Waals surface area (Å²) in [6.07, 6.45) is 1.69. The van der Waals surface area contributed by atoms with Crippen molar-refractivity contribution in [3.63, 3.8) is 0 Å². The average molecular weight is 369 g/mol.